The number of aromatic nitrogens is 2. The maximum atomic E-state index is 11.7. The van der Waals surface area contributed by atoms with Crippen LogP contribution in [0.5, 0.6) is 0 Å². The van der Waals surface area contributed by atoms with Crippen LogP contribution < -0.4 is 5.63 Å². The Morgan fingerprint density at radius 2 is 2.05 bits per heavy atom. The zero-order valence-corrected chi connectivity index (χ0v) is 15.0. The predicted molar refractivity (Wildman–Crippen MR) is 93.5 cm³/mol. The number of rotatable bonds is 4. The van der Waals surface area contributed by atoms with Gasteiger partial charge in [0, 0.05) is 22.2 Å². The maximum Gasteiger partial charge on any atom is 0.336 e. The SMILES string of the molecule is CSc1nnc(SCc2cc(=O)oc3cc(C)c(Cl)cc23)s1. The van der Waals surface area contributed by atoms with Crippen LogP contribution in [0.3, 0.4) is 0 Å². The van der Waals surface area contributed by atoms with Crippen LogP contribution in [-0.4, -0.2) is 16.5 Å². The molecule has 0 atom stereocenters. The van der Waals surface area contributed by atoms with E-state index in [0.717, 1.165) is 25.2 Å². The summed E-state index contributed by atoms with van der Waals surface area (Å²) in [6.45, 7) is 1.88. The fourth-order valence-corrected chi connectivity index (χ4v) is 4.54. The Hall–Kier alpha value is -1.02. The molecule has 0 bridgehead atoms. The van der Waals surface area contributed by atoms with E-state index < -0.39 is 0 Å². The van der Waals surface area contributed by atoms with Crippen molar-refractivity contribution in [2.24, 2.45) is 0 Å². The Morgan fingerprint density at radius 1 is 1.27 bits per heavy atom. The summed E-state index contributed by atoms with van der Waals surface area (Å²) in [6, 6.07) is 5.15. The molecule has 0 aliphatic carbocycles. The van der Waals surface area contributed by atoms with Crippen molar-refractivity contribution in [3.05, 3.63) is 44.8 Å². The van der Waals surface area contributed by atoms with Crippen LogP contribution in [-0.2, 0) is 5.75 Å². The Labute approximate surface area is 144 Å². The molecule has 0 radical (unpaired) electrons. The summed E-state index contributed by atoms with van der Waals surface area (Å²) in [5, 5.41) is 9.70. The summed E-state index contributed by atoms with van der Waals surface area (Å²) in [4.78, 5) is 11.7. The number of hydrogen-bond acceptors (Lipinski definition) is 7. The molecule has 3 rings (SSSR count). The average molecular weight is 371 g/mol. The molecule has 2 heterocycles. The summed E-state index contributed by atoms with van der Waals surface area (Å²) in [6.07, 6.45) is 1.97. The van der Waals surface area contributed by atoms with Gasteiger partial charge in [-0.1, -0.05) is 46.5 Å². The molecule has 0 saturated carbocycles. The van der Waals surface area contributed by atoms with E-state index in [0.29, 0.717) is 16.4 Å². The molecule has 0 unspecified atom stereocenters. The lowest BCUT2D eigenvalue weighted by Gasteiger charge is -2.06. The largest absolute Gasteiger partial charge is 0.423 e. The fraction of sp³-hybridized carbons (Fsp3) is 0.214. The second-order valence-electron chi connectivity index (χ2n) is 4.51. The maximum absolute atomic E-state index is 11.7. The van der Waals surface area contributed by atoms with E-state index >= 15 is 0 Å². The van der Waals surface area contributed by atoms with Gasteiger partial charge in [-0.2, -0.15) is 0 Å². The van der Waals surface area contributed by atoms with Gasteiger partial charge in [-0.15, -0.1) is 10.2 Å². The van der Waals surface area contributed by atoms with E-state index in [1.807, 2.05) is 19.2 Å². The van der Waals surface area contributed by atoms with Gasteiger partial charge in [0.25, 0.3) is 0 Å². The molecule has 0 spiro atoms. The molecule has 2 aromatic heterocycles. The first-order valence-corrected chi connectivity index (χ1v) is 9.70. The zero-order valence-electron chi connectivity index (χ0n) is 11.8. The number of thioether (sulfide) groups is 2. The minimum absolute atomic E-state index is 0.355. The molecule has 22 heavy (non-hydrogen) atoms. The molecule has 114 valence electrons. The van der Waals surface area contributed by atoms with E-state index in [-0.39, 0.29) is 5.63 Å². The molecular weight excluding hydrogens is 360 g/mol. The fourth-order valence-electron chi connectivity index (χ4n) is 1.95. The minimum atomic E-state index is -0.355. The Bertz CT molecular complexity index is 891. The average Bonchev–Trinajstić information content (AvgIpc) is 2.94. The van der Waals surface area contributed by atoms with Crippen LogP contribution in [0.1, 0.15) is 11.1 Å². The predicted octanol–water partition coefficient (Wildman–Crippen LogP) is 4.62. The lowest BCUT2D eigenvalue weighted by Crippen LogP contribution is -2.00. The summed E-state index contributed by atoms with van der Waals surface area (Å²) in [5.41, 5.74) is 1.98. The van der Waals surface area contributed by atoms with Gasteiger partial charge >= 0.3 is 5.63 Å². The number of hydrogen-bond donors (Lipinski definition) is 0. The number of aryl methyl sites for hydroxylation is 1. The van der Waals surface area contributed by atoms with Gasteiger partial charge in [0.05, 0.1) is 0 Å². The molecule has 8 heteroatoms. The molecule has 0 N–H and O–H groups in total. The normalized spacial score (nSPS) is 11.2. The third-order valence-electron chi connectivity index (χ3n) is 3.02. The molecule has 4 nitrogen and oxygen atoms in total. The summed E-state index contributed by atoms with van der Waals surface area (Å²) in [5.74, 6) is 0.616. The monoisotopic (exact) mass is 370 g/mol. The summed E-state index contributed by atoms with van der Waals surface area (Å²) >= 11 is 10.9. The van der Waals surface area contributed by atoms with Crippen molar-refractivity contribution in [3.8, 4) is 0 Å². The molecule has 0 fully saturated rings. The first-order chi connectivity index (χ1) is 10.6. The van der Waals surface area contributed by atoms with E-state index in [1.165, 1.54) is 6.07 Å². The summed E-state index contributed by atoms with van der Waals surface area (Å²) < 4.78 is 7.07. The number of halogens is 1. The van der Waals surface area contributed by atoms with E-state index in [2.05, 4.69) is 10.2 Å². The molecule has 3 aromatic rings. The second-order valence-corrected chi connectivity index (χ2v) is 8.18. The van der Waals surface area contributed by atoms with Crippen molar-refractivity contribution in [2.75, 3.05) is 6.26 Å². The topological polar surface area (TPSA) is 56.0 Å². The number of nitrogens with zero attached hydrogens (tertiary/aromatic N) is 2. The van der Waals surface area contributed by atoms with Gasteiger partial charge < -0.3 is 4.42 Å². The molecule has 0 aliphatic rings. The van der Waals surface area contributed by atoms with Gasteiger partial charge in [-0.3, -0.25) is 0 Å². The highest BCUT2D eigenvalue weighted by atomic mass is 35.5. The highest BCUT2D eigenvalue weighted by Gasteiger charge is 2.10. The van der Waals surface area contributed by atoms with Crippen LogP contribution >= 0.6 is 46.5 Å². The van der Waals surface area contributed by atoms with Crippen LogP contribution in [0.15, 0.2) is 36.1 Å². The van der Waals surface area contributed by atoms with E-state index in [4.69, 9.17) is 16.0 Å². The number of benzene rings is 1. The molecule has 0 amide bonds. The van der Waals surface area contributed by atoms with E-state index in [1.54, 1.807) is 40.9 Å². The smallest absolute Gasteiger partial charge is 0.336 e. The first kappa shape index (κ1) is 15.9. The Morgan fingerprint density at radius 3 is 2.77 bits per heavy atom. The molecular formula is C14H11ClN2O2S3. The number of fused-ring (bicyclic) bond motifs is 1. The van der Waals surface area contributed by atoms with Crippen LogP contribution in [0.4, 0.5) is 0 Å². The minimum Gasteiger partial charge on any atom is -0.423 e. The molecule has 0 saturated heterocycles. The second kappa shape index (κ2) is 6.62. The van der Waals surface area contributed by atoms with Crippen molar-refractivity contribution >= 4 is 57.4 Å². The van der Waals surface area contributed by atoms with E-state index in [9.17, 15) is 4.79 Å². The highest BCUT2D eigenvalue weighted by Crippen LogP contribution is 2.32. The van der Waals surface area contributed by atoms with Gasteiger partial charge in [-0.25, -0.2) is 4.79 Å². The molecule has 0 aliphatic heterocycles. The first-order valence-electron chi connectivity index (χ1n) is 6.30. The van der Waals surface area contributed by atoms with Crippen molar-refractivity contribution in [1.29, 1.82) is 0 Å². The quantitative estimate of drug-likeness (QED) is 0.493. The van der Waals surface area contributed by atoms with Gasteiger partial charge in [-0.05, 0) is 36.4 Å². The highest BCUT2D eigenvalue weighted by molar-refractivity contribution is 8.02. The third-order valence-corrected chi connectivity index (χ3v) is 6.51. The lowest BCUT2D eigenvalue weighted by atomic mass is 10.1. The standard InChI is InChI=1S/C14H11ClN2O2S3/c1-7-3-11-9(5-10(7)15)8(4-12(18)19-11)6-21-14-17-16-13(20-2)22-14/h3-5H,6H2,1-2H3. The van der Waals surface area contributed by atoms with Crippen molar-refractivity contribution < 1.29 is 4.42 Å². The zero-order chi connectivity index (χ0) is 15.7. The van der Waals surface area contributed by atoms with Gasteiger partial charge in [0.2, 0.25) is 0 Å². The molecule has 1 aromatic carbocycles. The van der Waals surface area contributed by atoms with Gasteiger partial charge in [0.1, 0.15) is 5.58 Å². The van der Waals surface area contributed by atoms with Crippen molar-refractivity contribution in [3.63, 3.8) is 0 Å². The van der Waals surface area contributed by atoms with Crippen LogP contribution in [0, 0.1) is 6.92 Å². The van der Waals surface area contributed by atoms with Crippen molar-refractivity contribution in [1.82, 2.24) is 10.2 Å². The van der Waals surface area contributed by atoms with Gasteiger partial charge in [0.15, 0.2) is 8.68 Å². The van der Waals surface area contributed by atoms with Crippen LogP contribution in [0.25, 0.3) is 11.0 Å². The lowest BCUT2D eigenvalue weighted by molar-refractivity contribution is 0.559. The Kier molecular flexibility index (Phi) is 4.77. The summed E-state index contributed by atoms with van der Waals surface area (Å²) in [7, 11) is 0. The van der Waals surface area contributed by atoms with Crippen molar-refractivity contribution in [2.45, 2.75) is 21.4 Å². The third kappa shape index (κ3) is 3.32. The Balaban J connectivity index is 1.95. The van der Waals surface area contributed by atoms with Crippen LogP contribution in [0.2, 0.25) is 5.02 Å².